The second-order valence-electron chi connectivity index (χ2n) is 7.96. The van der Waals surface area contributed by atoms with Crippen molar-refractivity contribution in [3.8, 4) is 0 Å². The number of aromatic carboxylic acids is 1. The van der Waals surface area contributed by atoms with Gasteiger partial charge >= 0.3 is 5.97 Å². The second-order valence-corrected chi connectivity index (χ2v) is 8.97. The third-order valence-electron chi connectivity index (χ3n) is 5.69. The van der Waals surface area contributed by atoms with E-state index in [9.17, 15) is 15.0 Å². The van der Waals surface area contributed by atoms with Crippen LogP contribution in [0.25, 0.3) is 0 Å². The summed E-state index contributed by atoms with van der Waals surface area (Å²) >= 11 is 1.36. The number of nitrogens with zero attached hydrogens (tertiary/aromatic N) is 1. The number of aliphatic hydroxyl groups is 1. The minimum atomic E-state index is -1.01. The van der Waals surface area contributed by atoms with Crippen molar-refractivity contribution in [1.29, 1.82) is 0 Å². The molecule has 0 aliphatic carbocycles. The van der Waals surface area contributed by atoms with Crippen LogP contribution in [-0.2, 0) is 16.1 Å². The molecule has 2 aromatic carbocycles. The zero-order valence-corrected chi connectivity index (χ0v) is 18.9. The van der Waals surface area contributed by atoms with Crippen LogP contribution in [-0.4, -0.2) is 33.0 Å². The molecule has 0 saturated carbocycles. The number of pyridine rings is 1. The number of carbonyl (C=O) groups is 1. The standard InChI is InChI=1S/C25H26N2O5S/c1-15-21(14-33-23-20(24(29)30)6-3-11-27-23)31-25(18-4-2-5-19(26)12-18)32-22(15)17-9-7-16(13-28)8-10-17/h2-12,15,21-22,25,28H,13-14,26H2,1H3,(H,29,30)/t15-,21+,22+,25+/m1/s1. The molecule has 4 atom stereocenters. The van der Waals surface area contributed by atoms with Gasteiger partial charge < -0.3 is 25.4 Å². The SMILES string of the molecule is C[C@@H]1[C@H](CSc2ncccc2C(=O)O)O[C@H](c2cccc(N)c2)O[C@@H]1c1ccc(CO)cc1. The lowest BCUT2D eigenvalue weighted by Crippen LogP contribution is -2.38. The Hall–Kier alpha value is -2.91. The Morgan fingerprint density at radius 3 is 2.58 bits per heavy atom. The Morgan fingerprint density at radius 1 is 1.09 bits per heavy atom. The van der Waals surface area contributed by atoms with Gasteiger partial charge in [-0.15, -0.1) is 11.8 Å². The van der Waals surface area contributed by atoms with Crippen LogP contribution in [0.4, 0.5) is 5.69 Å². The molecule has 1 aliphatic rings. The third kappa shape index (κ3) is 5.36. The van der Waals surface area contributed by atoms with Crippen LogP contribution in [0.15, 0.2) is 71.9 Å². The molecule has 4 N–H and O–H groups in total. The number of aliphatic hydroxyl groups excluding tert-OH is 1. The predicted octanol–water partition coefficient (Wildman–Crippen LogP) is 4.44. The van der Waals surface area contributed by atoms with Crippen LogP contribution in [0, 0.1) is 5.92 Å². The summed E-state index contributed by atoms with van der Waals surface area (Å²) in [6.07, 6.45) is 0.470. The number of aromatic nitrogens is 1. The maximum absolute atomic E-state index is 11.6. The van der Waals surface area contributed by atoms with Gasteiger partial charge in [0.15, 0.2) is 6.29 Å². The maximum Gasteiger partial charge on any atom is 0.338 e. The monoisotopic (exact) mass is 466 g/mol. The lowest BCUT2D eigenvalue weighted by atomic mass is 9.91. The molecular formula is C25H26N2O5S. The molecule has 0 bridgehead atoms. The Bertz CT molecular complexity index is 1110. The number of ether oxygens (including phenoxy) is 2. The lowest BCUT2D eigenvalue weighted by Gasteiger charge is -2.41. The van der Waals surface area contributed by atoms with Crippen LogP contribution in [0.5, 0.6) is 0 Å². The zero-order valence-electron chi connectivity index (χ0n) is 18.1. The van der Waals surface area contributed by atoms with Gasteiger partial charge in [-0.1, -0.05) is 43.3 Å². The number of thioether (sulfide) groups is 1. The van der Waals surface area contributed by atoms with Crippen molar-refractivity contribution in [3.05, 3.63) is 89.1 Å². The first-order valence-corrected chi connectivity index (χ1v) is 11.6. The third-order valence-corrected chi connectivity index (χ3v) is 6.79. The molecule has 1 aliphatic heterocycles. The highest BCUT2D eigenvalue weighted by Crippen LogP contribution is 2.43. The van der Waals surface area contributed by atoms with Crippen molar-refractivity contribution < 1.29 is 24.5 Å². The summed E-state index contributed by atoms with van der Waals surface area (Å²) in [5.41, 5.74) is 9.40. The summed E-state index contributed by atoms with van der Waals surface area (Å²) in [5.74, 6) is -0.524. The number of hydrogen-bond acceptors (Lipinski definition) is 7. The van der Waals surface area contributed by atoms with E-state index in [4.69, 9.17) is 15.2 Å². The van der Waals surface area contributed by atoms with Gasteiger partial charge in [-0.05, 0) is 35.4 Å². The van der Waals surface area contributed by atoms with Gasteiger partial charge in [0.2, 0.25) is 0 Å². The summed E-state index contributed by atoms with van der Waals surface area (Å²) in [5, 5.41) is 19.3. The van der Waals surface area contributed by atoms with Crippen molar-refractivity contribution in [1.82, 2.24) is 4.98 Å². The molecule has 172 valence electrons. The number of anilines is 1. The number of hydrogen-bond donors (Lipinski definition) is 3. The second kappa shape index (κ2) is 10.4. The fraction of sp³-hybridized carbons (Fsp3) is 0.280. The van der Waals surface area contributed by atoms with Crippen LogP contribution >= 0.6 is 11.8 Å². The molecule has 1 fully saturated rings. The molecule has 0 unspecified atom stereocenters. The first-order valence-electron chi connectivity index (χ1n) is 10.6. The fourth-order valence-electron chi connectivity index (χ4n) is 3.85. The Morgan fingerprint density at radius 2 is 1.88 bits per heavy atom. The number of carboxylic acid groups (broad SMARTS) is 1. The summed E-state index contributed by atoms with van der Waals surface area (Å²) in [6.45, 7) is 2.04. The molecule has 0 amide bonds. The van der Waals surface area contributed by atoms with Crippen molar-refractivity contribution in [2.75, 3.05) is 11.5 Å². The normalized spacial score (nSPS) is 22.7. The molecule has 0 spiro atoms. The van der Waals surface area contributed by atoms with Gasteiger partial charge in [0.05, 0.1) is 24.4 Å². The molecule has 0 radical (unpaired) electrons. The highest BCUT2D eigenvalue weighted by atomic mass is 32.2. The van der Waals surface area contributed by atoms with Crippen molar-refractivity contribution >= 4 is 23.4 Å². The number of benzene rings is 2. The number of carboxylic acids is 1. The smallest absolute Gasteiger partial charge is 0.338 e. The molecule has 1 saturated heterocycles. The number of nitrogen functional groups attached to an aromatic ring is 1. The average molecular weight is 467 g/mol. The molecular weight excluding hydrogens is 440 g/mol. The highest BCUT2D eigenvalue weighted by Gasteiger charge is 2.38. The van der Waals surface area contributed by atoms with Gasteiger partial charge in [0.1, 0.15) is 5.03 Å². The zero-order chi connectivity index (χ0) is 23.4. The minimum absolute atomic E-state index is 0.0215. The van der Waals surface area contributed by atoms with Gasteiger partial charge in [-0.25, -0.2) is 9.78 Å². The Kier molecular flexibility index (Phi) is 7.29. The van der Waals surface area contributed by atoms with E-state index in [0.717, 1.165) is 16.7 Å². The Balaban J connectivity index is 1.61. The van der Waals surface area contributed by atoms with E-state index in [2.05, 4.69) is 11.9 Å². The topological polar surface area (TPSA) is 115 Å². The molecule has 8 heteroatoms. The largest absolute Gasteiger partial charge is 0.478 e. The van der Waals surface area contributed by atoms with Gasteiger partial charge in [-0.3, -0.25) is 0 Å². The van der Waals surface area contributed by atoms with Crippen molar-refractivity contribution in [2.45, 2.75) is 37.1 Å². The number of rotatable bonds is 7. The molecule has 3 aromatic rings. The average Bonchev–Trinajstić information content (AvgIpc) is 2.83. The number of nitrogens with two attached hydrogens (primary N) is 1. The van der Waals surface area contributed by atoms with E-state index in [-0.39, 0.29) is 30.3 Å². The van der Waals surface area contributed by atoms with Gasteiger partial charge in [0.25, 0.3) is 0 Å². The molecule has 4 rings (SSSR count). The van der Waals surface area contributed by atoms with E-state index in [1.807, 2.05) is 48.5 Å². The van der Waals surface area contributed by atoms with Crippen LogP contribution in [0.3, 0.4) is 0 Å². The molecule has 2 heterocycles. The minimum Gasteiger partial charge on any atom is -0.478 e. The van der Waals surface area contributed by atoms with Crippen molar-refractivity contribution in [3.63, 3.8) is 0 Å². The van der Waals surface area contributed by atoms with E-state index >= 15 is 0 Å². The first-order chi connectivity index (χ1) is 16.0. The maximum atomic E-state index is 11.6. The fourth-order valence-corrected chi connectivity index (χ4v) is 5.00. The van der Waals surface area contributed by atoms with E-state index < -0.39 is 12.3 Å². The Labute approximate surface area is 196 Å². The quantitative estimate of drug-likeness (QED) is 0.346. The summed E-state index contributed by atoms with van der Waals surface area (Å²) in [6, 6.07) is 18.3. The summed E-state index contributed by atoms with van der Waals surface area (Å²) < 4.78 is 12.7. The summed E-state index contributed by atoms with van der Waals surface area (Å²) in [4.78, 5) is 15.8. The lowest BCUT2D eigenvalue weighted by molar-refractivity contribution is -0.268. The van der Waals surface area contributed by atoms with Crippen molar-refractivity contribution in [2.24, 2.45) is 5.92 Å². The van der Waals surface area contributed by atoms with E-state index in [1.54, 1.807) is 18.3 Å². The predicted molar refractivity (Wildman–Crippen MR) is 126 cm³/mol. The molecule has 33 heavy (non-hydrogen) atoms. The summed E-state index contributed by atoms with van der Waals surface area (Å²) in [7, 11) is 0. The molecule has 1 aromatic heterocycles. The van der Waals surface area contributed by atoms with Crippen LogP contribution in [0.1, 0.15) is 46.4 Å². The van der Waals surface area contributed by atoms with Crippen LogP contribution < -0.4 is 5.73 Å². The highest BCUT2D eigenvalue weighted by molar-refractivity contribution is 7.99. The van der Waals surface area contributed by atoms with Gasteiger partial charge in [0, 0.05) is 29.1 Å². The van der Waals surface area contributed by atoms with Crippen LogP contribution in [0.2, 0.25) is 0 Å². The van der Waals surface area contributed by atoms with Gasteiger partial charge in [-0.2, -0.15) is 0 Å². The van der Waals surface area contributed by atoms with E-state index in [0.29, 0.717) is 16.5 Å². The van der Waals surface area contributed by atoms with E-state index in [1.165, 1.54) is 11.8 Å². The first kappa shape index (κ1) is 23.3. The molecule has 7 nitrogen and oxygen atoms in total.